The first-order valence-electron chi connectivity index (χ1n) is 6.24. The zero-order valence-corrected chi connectivity index (χ0v) is 12.7. The molecule has 0 heterocycles. The van der Waals surface area contributed by atoms with Crippen LogP contribution in [-0.4, -0.2) is 14.1 Å². The molecule has 94 valence electrons. The molecule has 0 saturated heterocycles. The van der Waals surface area contributed by atoms with E-state index >= 15 is 0 Å². The average molecular weight is 275 g/mol. The Bertz CT molecular complexity index is 360. The SMILES string of the molecule is CNC.c1ccc([CH2][Ti][CH2]c2ccccc2)cc1. The van der Waals surface area contributed by atoms with Crippen molar-refractivity contribution < 1.29 is 19.2 Å². The molecule has 1 N–H and O–H groups in total. The second-order valence-corrected chi connectivity index (χ2v) is 5.96. The summed E-state index contributed by atoms with van der Waals surface area (Å²) >= 11 is 0.136. The van der Waals surface area contributed by atoms with Crippen LogP contribution < -0.4 is 5.32 Å². The number of hydrogen-bond acceptors (Lipinski definition) is 1. The van der Waals surface area contributed by atoms with E-state index in [4.69, 9.17) is 0 Å². The first kappa shape index (κ1) is 15.2. The van der Waals surface area contributed by atoms with Gasteiger partial charge < -0.3 is 5.32 Å². The Morgan fingerprint density at radius 3 is 1.39 bits per heavy atom. The van der Waals surface area contributed by atoms with Crippen LogP contribution in [0, 0.1) is 0 Å². The average Bonchev–Trinajstić information content (AvgIpc) is 2.42. The molecule has 0 spiro atoms. The molecule has 0 saturated carbocycles. The second kappa shape index (κ2) is 10.1. The molecule has 2 aromatic rings. The van der Waals surface area contributed by atoms with E-state index in [9.17, 15) is 0 Å². The van der Waals surface area contributed by atoms with Gasteiger partial charge in [0.15, 0.2) is 0 Å². The van der Waals surface area contributed by atoms with Crippen molar-refractivity contribution in [2.45, 2.75) is 9.45 Å². The molecular weight excluding hydrogens is 254 g/mol. The Hall–Kier alpha value is -0.886. The van der Waals surface area contributed by atoms with Crippen LogP contribution in [0.2, 0.25) is 0 Å². The molecule has 0 unspecified atom stereocenters. The molecule has 0 aliphatic heterocycles. The van der Waals surface area contributed by atoms with Gasteiger partial charge in [0.25, 0.3) is 0 Å². The molecule has 0 fully saturated rings. The first-order valence-corrected chi connectivity index (χ1v) is 8.44. The van der Waals surface area contributed by atoms with Crippen molar-refractivity contribution in [1.82, 2.24) is 5.32 Å². The maximum atomic E-state index is 2.75. The molecule has 0 radical (unpaired) electrons. The molecule has 0 amide bonds. The van der Waals surface area contributed by atoms with Gasteiger partial charge in [-0.3, -0.25) is 0 Å². The van der Waals surface area contributed by atoms with Crippen LogP contribution in [0.1, 0.15) is 11.1 Å². The third-order valence-corrected chi connectivity index (χ3v) is 4.40. The zero-order valence-electron chi connectivity index (χ0n) is 11.2. The van der Waals surface area contributed by atoms with Gasteiger partial charge in [-0.15, -0.1) is 0 Å². The molecule has 0 aromatic heterocycles. The van der Waals surface area contributed by atoms with Crippen LogP contribution in [0.3, 0.4) is 0 Å². The number of benzene rings is 2. The van der Waals surface area contributed by atoms with Gasteiger partial charge in [0, 0.05) is 0 Å². The van der Waals surface area contributed by atoms with Crippen molar-refractivity contribution in [1.29, 1.82) is 0 Å². The predicted molar refractivity (Wildman–Crippen MR) is 75.3 cm³/mol. The fraction of sp³-hybridized carbons (Fsp3) is 0.250. The van der Waals surface area contributed by atoms with Gasteiger partial charge in [-0.1, -0.05) is 0 Å². The summed E-state index contributed by atoms with van der Waals surface area (Å²) in [7, 11) is 3.75. The minimum absolute atomic E-state index is 0.136. The molecule has 0 bridgehead atoms. The summed E-state index contributed by atoms with van der Waals surface area (Å²) in [6, 6.07) is 21.6. The van der Waals surface area contributed by atoms with Gasteiger partial charge in [-0.05, 0) is 14.1 Å². The van der Waals surface area contributed by atoms with Crippen molar-refractivity contribution in [3.63, 3.8) is 0 Å². The predicted octanol–water partition coefficient (Wildman–Crippen LogP) is 3.30. The van der Waals surface area contributed by atoms with Gasteiger partial charge >= 0.3 is 100 Å². The van der Waals surface area contributed by atoms with E-state index in [0.29, 0.717) is 0 Å². The van der Waals surface area contributed by atoms with E-state index in [1.54, 1.807) is 0 Å². The van der Waals surface area contributed by atoms with Gasteiger partial charge in [0.1, 0.15) is 0 Å². The second-order valence-electron chi connectivity index (χ2n) is 4.07. The Balaban J connectivity index is 0.000000492. The fourth-order valence-electron chi connectivity index (χ4n) is 1.54. The molecule has 2 heteroatoms. The fourth-order valence-corrected chi connectivity index (χ4v) is 3.38. The molecule has 2 rings (SSSR count). The van der Waals surface area contributed by atoms with Crippen LogP contribution in [0.15, 0.2) is 60.7 Å². The summed E-state index contributed by atoms with van der Waals surface area (Å²) in [5.74, 6) is 0. The van der Waals surface area contributed by atoms with Crippen molar-refractivity contribution in [3.05, 3.63) is 71.8 Å². The molecule has 0 atom stereocenters. The topological polar surface area (TPSA) is 12.0 Å². The number of nitrogens with one attached hydrogen (secondary N) is 1. The van der Waals surface area contributed by atoms with E-state index in [1.165, 1.54) is 20.6 Å². The molecule has 1 nitrogen and oxygen atoms in total. The van der Waals surface area contributed by atoms with Gasteiger partial charge in [0.2, 0.25) is 0 Å². The van der Waals surface area contributed by atoms with Crippen molar-refractivity contribution >= 4 is 0 Å². The van der Waals surface area contributed by atoms with E-state index in [2.05, 4.69) is 66.0 Å². The van der Waals surface area contributed by atoms with Crippen LogP contribution in [0.5, 0.6) is 0 Å². The van der Waals surface area contributed by atoms with Crippen molar-refractivity contribution in [2.24, 2.45) is 0 Å². The first-order chi connectivity index (χ1) is 8.86. The monoisotopic (exact) mass is 275 g/mol. The van der Waals surface area contributed by atoms with E-state index in [1.807, 2.05) is 14.1 Å². The molecular formula is C16H21NTi. The summed E-state index contributed by atoms with van der Waals surface area (Å²) in [5.41, 5.74) is 2.99. The maximum absolute atomic E-state index is 2.75. The van der Waals surface area contributed by atoms with E-state index in [0.717, 1.165) is 0 Å². The normalized spacial score (nSPS) is 9.22. The Morgan fingerprint density at radius 2 is 1.06 bits per heavy atom. The zero-order chi connectivity index (χ0) is 13.1. The van der Waals surface area contributed by atoms with Gasteiger partial charge in [0.05, 0.1) is 0 Å². The van der Waals surface area contributed by atoms with E-state index in [-0.39, 0.29) is 19.2 Å². The Labute approximate surface area is 120 Å². The van der Waals surface area contributed by atoms with Crippen LogP contribution in [-0.2, 0) is 28.6 Å². The number of rotatable bonds is 4. The minimum atomic E-state index is 0.136. The van der Waals surface area contributed by atoms with Crippen LogP contribution in [0.4, 0.5) is 0 Å². The van der Waals surface area contributed by atoms with Gasteiger partial charge in [-0.2, -0.15) is 0 Å². The molecule has 18 heavy (non-hydrogen) atoms. The quantitative estimate of drug-likeness (QED) is 0.844. The van der Waals surface area contributed by atoms with E-state index < -0.39 is 0 Å². The standard InChI is InChI=1S/2C7H7.C2H7N.Ti/c2*1-7-5-3-2-4-6-7;1-3-2;/h2*2-6H,1H2;3H,1-2H3;. The summed E-state index contributed by atoms with van der Waals surface area (Å²) in [4.78, 5) is 0. The summed E-state index contributed by atoms with van der Waals surface area (Å²) in [6.07, 6.45) is 0. The summed E-state index contributed by atoms with van der Waals surface area (Å²) in [6.45, 7) is 0. The molecule has 0 aliphatic carbocycles. The van der Waals surface area contributed by atoms with Crippen LogP contribution >= 0.6 is 0 Å². The Morgan fingerprint density at radius 1 is 0.722 bits per heavy atom. The number of hydrogen-bond donors (Lipinski definition) is 1. The summed E-state index contributed by atoms with van der Waals surface area (Å²) in [5, 5.41) is 2.75. The molecule has 2 aromatic carbocycles. The van der Waals surface area contributed by atoms with Crippen molar-refractivity contribution in [3.8, 4) is 0 Å². The Kier molecular flexibility index (Phi) is 8.49. The third kappa shape index (κ3) is 6.75. The summed E-state index contributed by atoms with van der Waals surface area (Å²) < 4.78 is 2.60. The van der Waals surface area contributed by atoms with Crippen molar-refractivity contribution in [2.75, 3.05) is 14.1 Å². The van der Waals surface area contributed by atoms with Gasteiger partial charge in [-0.25, -0.2) is 0 Å². The third-order valence-electron chi connectivity index (χ3n) is 2.34. The molecule has 0 aliphatic rings. The van der Waals surface area contributed by atoms with Crippen LogP contribution in [0.25, 0.3) is 0 Å².